The van der Waals surface area contributed by atoms with E-state index in [2.05, 4.69) is 14.9 Å². The van der Waals surface area contributed by atoms with Gasteiger partial charge in [0.1, 0.15) is 23.3 Å². The summed E-state index contributed by atoms with van der Waals surface area (Å²) in [4.78, 5) is 11.6. The summed E-state index contributed by atoms with van der Waals surface area (Å²) in [5.74, 6) is -3.39. The quantitative estimate of drug-likeness (QED) is 0.817. The van der Waals surface area contributed by atoms with Crippen molar-refractivity contribution in [1.29, 1.82) is 5.26 Å². The van der Waals surface area contributed by atoms with Crippen molar-refractivity contribution < 1.29 is 23.0 Å². The standard InChI is InChI=1S/C16H12F2N4O3/c1-24-12(23)5-11-14-13(8-3-2-7(17)4-10(8)18)9(6-19)15(20)25-16(14)22-21-11/h2-4,13H,5,20H2,1H3,(H,21,22)/t13-/m1/s1. The maximum absolute atomic E-state index is 14.4. The fraction of sp³-hybridized carbons (Fsp3) is 0.188. The number of benzene rings is 1. The number of aromatic nitrogens is 2. The van der Waals surface area contributed by atoms with Gasteiger partial charge in [-0.05, 0) is 6.07 Å². The lowest BCUT2D eigenvalue weighted by molar-refractivity contribution is -0.139. The van der Waals surface area contributed by atoms with Crippen molar-refractivity contribution in [1.82, 2.24) is 10.2 Å². The lowest BCUT2D eigenvalue weighted by Crippen LogP contribution is -2.22. The van der Waals surface area contributed by atoms with Gasteiger partial charge in [0.25, 0.3) is 0 Å². The largest absolute Gasteiger partial charge is 0.469 e. The van der Waals surface area contributed by atoms with E-state index >= 15 is 0 Å². The molecule has 0 amide bonds. The molecule has 0 spiro atoms. The normalized spacial score (nSPS) is 16.0. The Morgan fingerprint density at radius 3 is 2.92 bits per heavy atom. The zero-order chi connectivity index (χ0) is 18.1. The first-order valence-electron chi connectivity index (χ1n) is 7.12. The number of carbonyl (C=O) groups is 1. The van der Waals surface area contributed by atoms with Gasteiger partial charge in [-0.3, -0.25) is 9.89 Å². The van der Waals surface area contributed by atoms with Crippen LogP contribution in [0.5, 0.6) is 5.88 Å². The highest BCUT2D eigenvalue weighted by Gasteiger charge is 2.37. The minimum absolute atomic E-state index is 0.0120. The second-order valence-corrected chi connectivity index (χ2v) is 5.26. The Bertz CT molecular complexity index is 930. The molecule has 2 heterocycles. The number of ether oxygens (including phenoxy) is 2. The van der Waals surface area contributed by atoms with Crippen molar-refractivity contribution in [3.8, 4) is 11.9 Å². The SMILES string of the molecule is COC(=O)Cc1[nH]nc2c1[C@H](c1ccc(F)cc1F)C(C#N)=C(N)O2. The predicted octanol–water partition coefficient (Wildman–Crippen LogP) is 1.62. The van der Waals surface area contributed by atoms with Crippen LogP contribution in [-0.2, 0) is 16.0 Å². The van der Waals surface area contributed by atoms with Crippen LogP contribution in [-0.4, -0.2) is 23.3 Å². The van der Waals surface area contributed by atoms with Gasteiger partial charge in [0.05, 0.1) is 30.7 Å². The fourth-order valence-electron chi connectivity index (χ4n) is 2.71. The molecule has 0 radical (unpaired) electrons. The summed E-state index contributed by atoms with van der Waals surface area (Å²) in [6, 6.07) is 4.87. The van der Waals surface area contributed by atoms with Gasteiger partial charge < -0.3 is 15.2 Å². The average molecular weight is 346 g/mol. The molecule has 2 aromatic rings. The highest BCUT2D eigenvalue weighted by Crippen LogP contribution is 2.43. The summed E-state index contributed by atoms with van der Waals surface area (Å²) in [6.45, 7) is 0. The van der Waals surface area contributed by atoms with Crippen molar-refractivity contribution in [3.05, 3.63) is 58.1 Å². The number of nitrogens with zero attached hydrogens (tertiary/aromatic N) is 2. The molecule has 1 aliphatic heterocycles. The summed E-state index contributed by atoms with van der Waals surface area (Å²) in [7, 11) is 1.22. The maximum Gasteiger partial charge on any atom is 0.311 e. The molecule has 1 aromatic heterocycles. The zero-order valence-electron chi connectivity index (χ0n) is 13.0. The first-order chi connectivity index (χ1) is 12.0. The Kier molecular flexibility index (Phi) is 4.10. The number of nitriles is 1. The van der Waals surface area contributed by atoms with E-state index in [1.165, 1.54) is 13.2 Å². The van der Waals surface area contributed by atoms with Crippen molar-refractivity contribution in [2.75, 3.05) is 7.11 Å². The number of hydrogen-bond donors (Lipinski definition) is 2. The molecule has 1 aromatic carbocycles. The Balaban J connectivity index is 2.20. The lowest BCUT2D eigenvalue weighted by Gasteiger charge is -2.24. The van der Waals surface area contributed by atoms with E-state index in [4.69, 9.17) is 10.5 Å². The number of rotatable bonds is 3. The van der Waals surface area contributed by atoms with Gasteiger partial charge in [0.2, 0.25) is 11.8 Å². The molecule has 0 saturated carbocycles. The van der Waals surface area contributed by atoms with Crippen LogP contribution in [0.3, 0.4) is 0 Å². The van der Waals surface area contributed by atoms with Crippen LogP contribution in [0.4, 0.5) is 8.78 Å². The van der Waals surface area contributed by atoms with Gasteiger partial charge in [-0.2, -0.15) is 5.26 Å². The van der Waals surface area contributed by atoms with Crippen molar-refractivity contribution in [3.63, 3.8) is 0 Å². The monoisotopic (exact) mass is 346 g/mol. The summed E-state index contributed by atoms with van der Waals surface area (Å²) in [6.07, 6.45) is -0.194. The number of nitrogens with one attached hydrogen (secondary N) is 1. The van der Waals surface area contributed by atoms with Crippen molar-refractivity contribution in [2.24, 2.45) is 5.73 Å². The molecular formula is C16H12F2N4O3. The predicted molar refractivity (Wildman–Crippen MR) is 80.0 cm³/mol. The van der Waals surface area contributed by atoms with Gasteiger partial charge >= 0.3 is 5.97 Å². The molecule has 0 aliphatic carbocycles. The molecule has 0 unspecified atom stereocenters. The summed E-state index contributed by atoms with van der Waals surface area (Å²) in [5.41, 5.74) is 6.26. The molecule has 0 saturated heterocycles. The second kappa shape index (κ2) is 6.24. The van der Waals surface area contributed by atoms with Crippen LogP contribution >= 0.6 is 0 Å². The number of halogens is 2. The summed E-state index contributed by atoms with van der Waals surface area (Å²) >= 11 is 0. The van der Waals surface area contributed by atoms with Gasteiger partial charge in [-0.25, -0.2) is 8.78 Å². The summed E-state index contributed by atoms with van der Waals surface area (Å²) < 4.78 is 37.5. The number of fused-ring (bicyclic) bond motifs is 1. The Morgan fingerprint density at radius 2 is 2.28 bits per heavy atom. The van der Waals surface area contributed by atoms with Gasteiger partial charge in [-0.15, -0.1) is 5.10 Å². The number of aromatic amines is 1. The Labute approximate surface area is 140 Å². The first-order valence-corrected chi connectivity index (χ1v) is 7.12. The van der Waals surface area contributed by atoms with E-state index in [-0.39, 0.29) is 40.6 Å². The van der Waals surface area contributed by atoms with E-state index in [0.717, 1.165) is 6.07 Å². The number of esters is 1. The summed E-state index contributed by atoms with van der Waals surface area (Å²) in [5, 5.41) is 16.0. The van der Waals surface area contributed by atoms with E-state index in [0.29, 0.717) is 6.07 Å². The van der Waals surface area contributed by atoms with Crippen molar-refractivity contribution >= 4 is 5.97 Å². The number of allylic oxidation sites excluding steroid dienone is 1. The second-order valence-electron chi connectivity index (χ2n) is 5.26. The third-order valence-electron chi connectivity index (χ3n) is 3.84. The van der Waals surface area contributed by atoms with E-state index < -0.39 is 23.5 Å². The molecule has 1 aliphatic rings. The third-order valence-corrected chi connectivity index (χ3v) is 3.84. The molecule has 3 N–H and O–H groups in total. The fourth-order valence-corrected chi connectivity index (χ4v) is 2.71. The number of methoxy groups -OCH3 is 1. The molecular weight excluding hydrogens is 334 g/mol. The molecule has 1 atom stereocenters. The molecule has 25 heavy (non-hydrogen) atoms. The molecule has 7 nitrogen and oxygen atoms in total. The zero-order valence-corrected chi connectivity index (χ0v) is 13.0. The molecule has 0 bridgehead atoms. The minimum Gasteiger partial charge on any atom is -0.469 e. The molecule has 128 valence electrons. The van der Waals surface area contributed by atoms with E-state index in [1.54, 1.807) is 0 Å². The van der Waals surface area contributed by atoms with Gasteiger partial charge in [-0.1, -0.05) is 6.07 Å². The molecule has 3 rings (SSSR count). The van der Waals surface area contributed by atoms with Crippen LogP contribution < -0.4 is 10.5 Å². The van der Waals surface area contributed by atoms with E-state index in [9.17, 15) is 18.8 Å². The first kappa shape index (κ1) is 16.4. The number of hydrogen-bond acceptors (Lipinski definition) is 6. The van der Waals surface area contributed by atoms with Crippen LogP contribution in [0.2, 0.25) is 0 Å². The highest BCUT2D eigenvalue weighted by molar-refractivity contribution is 5.73. The Hall–Kier alpha value is -3.41. The van der Waals surface area contributed by atoms with Crippen LogP contribution in [0.1, 0.15) is 22.7 Å². The van der Waals surface area contributed by atoms with Crippen LogP contribution in [0.15, 0.2) is 29.7 Å². The van der Waals surface area contributed by atoms with Crippen LogP contribution in [0.25, 0.3) is 0 Å². The smallest absolute Gasteiger partial charge is 0.311 e. The van der Waals surface area contributed by atoms with Crippen molar-refractivity contribution in [2.45, 2.75) is 12.3 Å². The van der Waals surface area contributed by atoms with Gasteiger partial charge in [0, 0.05) is 11.6 Å². The number of carbonyl (C=O) groups excluding carboxylic acids is 1. The highest BCUT2D eigenvalue weighted by atomic mass is 19.1. The number of nitrogens with two attached hydrogens (primary N) is 1. The van der Waals surface area contributed by atoms with Gasteiger partial charge in [0.15, 0.2) is 0 Å². The maximum atomic E-state index is 14.4. The third kappa shape index (κ3) is 2.78. The molecule has 9 heteroatoms. The average Bonchev–Trinajstić information content (AvgIpc) is 2.96. The van der Waals surface area contributed by atoms with Crippen LogP contribution in [0, 0.1) is 23.0 Å². The molecule has 0 fully saturated rings. The lowest BCUT2D eigenvalue weighted by atomic mass is 9.83. The minimum atomic E-state index is -0.993. The Morgan fingerprint density at radius 1 is 1.52 bits per heavy atom. The number of H-pyrrole nitrogens is 1. The van der Waals surface area contributed by atoms with E-state index in [1.807, 2.05) is 6.07 Å². The topological polar surface area (TPSA) is 114 Å².